The van der Waals surface area contributed by atoms with Crippen LogP contribution in [0.25, 0.3) is 0 Å². The molecule has 1 aliphatic carbocycles. The third-order valence-electron chi connectivity index (χ3n) is 3.32. The number of aliphatic hydroxyl groups excluding tert-OH is 1. The van der Waals surface area contributed by atoms with Crippen LogP contribution in [0.15, 0.2) is 0 Å². The quantitative estimate of drug-likeness (QED) is 0.615. The summed E-state index contributed by atoms with van der Waals surface area (Å²) in [5, 5.41) is 12.0. The smallest absolute Gasteiger partial charge is 0.223 e. The lowest BCUT2D eigenvalue weighted by Crippen LogP contribution is -2.44. The van der Waals surface area contributed by atoms with Gasteiger partial charge in [-0.1, -0.05) is 6.42 Å². The van der Waals surface area contributed by atoms with E-state index in [1.165, 1.54) is 0 Å². The van der Waals surface area contributed by atoms with E-state index in [9.17, 15) is 4.79 Å². The summed E-state index contributed by atoms with van der Waals surface area (Å²) in [5.41, 5.74) is 5.86. The fourth-order valence-corrected chi connectivity index (χ4v) is 2.25. The van der Waals surface area contributed by atoms with Gasteiger partial charge >= 0.3 is 0 Å². The van der Waals surface area contributed by atoms with Crippen LogP contribution >= 0.6 is 0 Å². The second-order valence-corrected chi connectivity index (χ2v) is 4.79. The average molecular weight is 244 g/mol. The Morgan fingerprint density at radius 1 is 1.59 bits per heavy atom. The summed E-state index contributed by atoms with van der Waals surface area (Å²) in [6.07, 6.45) is 4.33. The van der Waals surface area contributed by atoms with Crippen LogP contribution in [-0.4, -0.2) is 43.4 Å². The van der Waals surface area contributed by atoms with Crippen LogP contribution in [0.4, 0.5) is 0 Å². The molecule has 100 valence electrons. The van der Waals surface area contributed by atoms with Crippen molar-refractivity contribution in [1.29, 1.82) is 0 Å². The molecule has 1 amide bonds. The number of amides is 1. The van der Waals surface area contributed by atoms with E-state index in [1.807, 2.05) is 0 Å². The van der Waals surface area contributed by atoms with E-state index in [-0.39, 0.29) is 30.5 Å². The number of methoxy groups -OCH3 is 1. The number of nitrogens with two attached hydrogens (primary N) is 1. The zero-order chi connectivity index (χ0) is 12.7. The van der Waals surface area contributed by atoms with E-state index < -0.39 is 0 Å². The molecule has 0 bridgehead atoms. The number of hydrogen-bond donors (Lipinski definition) is 3. The van der Waals surface area contributed by atoms with Crippen molar-refractivity contribution in [2.45, 2.75) is 44.2 Å². The molecule has 17 heavy (non-hydrogen) atoms. The lowest BCUT2D eigenvalue weighted by molar-refractivity contribution is -0.127. The van der Waals surface area contributed by atoms with Gasteiger partial charge in [0.15, 0.2) is 0 Å². The predicted molar refractivity (Wildman–Crippen MR) is 65.4 cm³/mol. The average Bonchev–Trinajstić information content (AvgIpc) is 2.34. The van der Waals surface area contributed by atoms with Gasteiger partial charge in [-0.2, -0.15) is 0 Å². The molecule has 0 aromatic heterocycles. The van der Waals surface area contributed by atoms with Crippen LogP contribution in [0, 0.1) is 5.92 Å². The van der Waals surface area contributed by atoms with Crippen LogP contribution in [0.1, 0.15) is 32.1 Å². The lowest BCUT2D eigenvalue weighted by Gasteiger charge is -2.27. The van der Waals surface area contributed by atoms with Crippen LogP contribution < -0.4 is 11.1 Å². The molecule has 1 saturated carbocycles. The van der Waals surface area contributed by atoms with E-state index in [4.69, 9.17) is 15.6 Å². The SMILES string of the molecule is COCCC(CO)NC(=O)C1CCCC(N)C1. The number of ether oxygens (including phenoxy) is 1. The van der Waals surface area contributed by atoms with E-state index in [0.717, 1.165) is 25.7 Å². The summed E-state index contributed by atoms with van der Waals surface area (Å²) < 4.78 is 4.94. The Bertz CT molecular complexity index is 236. The number of carbonyl (C=O) groups is 1. The number of rotatable bonds is 6. The Morgan fingerprint density at radius 2 is 2.35 bits per heavy atom. The minimum atomic E-state index is -0.208. The number of hydrogen-bond acceptors (Lipinski definition) is 4. The maximum atomic E-state index is 12.0. The molecule has 5 nitrogen and oxygen atoms in total. The lowest BCUT2D eigenvalue weighted by atomic mass is 9.85. The highest BCUT2D eigenvalue weighted by molar-refractivity contribution is 5.79. The molecule has 0 heterocycles. The molecule has 1 aliphatic rings. The molecular weight excluding hydrogens is 220 g/mol. The first-order chi connectivity index (χ1) is 8.17. The summed E-state index contributed by atoms with van der Waals surface area (Å²) in [5.74, 6) is 0.0330. The summed E-state index contributed by atoms with van der Waals surface area (Å²) in [7, 11) is 1.61. The monoisotopic (exact) mass is 244 g/mol. The molecule has 3 atom stereocenters. The maximum Gasteiger partial charge on any atom is 0.223 e. The van der Waals surface area contributed by atoms with Crippen molar-refractivity contribution in [3.05, 3.63) is 0 Å². The Labute approximate surface area is 103 Å². The van der Waals surface area contributed by atoms with Gasteiger partial charge in [-0.15, -0.1) is 0 Å². The highest BCUT2D eigenvalue weighted by Gasteiger charge is 2.26. The number of nitrogens with one attached hydrogen (secondary N) is 1. The molecule has 0 aromatic rings. The summed E-state index contributed by atoms with van der Waals surface area (Å²) in [4.78, 5) is 12.0. The Morgan fingerprint density at radius 3 is 2.94 bits per heavy atom. The predicted octanol–water partition coefficient (Wildman–Crippen LogP) is 0.0175. The van der Waals surface area contributed by atoms with Crippen molar-refractivity contribution in [3.8, 4) is 0 Å². The van der Waals surface area contributed by atoms with Gasteiger partial charge in [-0.25, -0.2) is 0 Å². The number of aliphatic hydroxyl groups is 1. The summed E-state index contributed by atoms with van der Waals surface area (Å²) >= 11 is 0. The van der Waals surface area contributed by atoms with Gasteiger partial charge in [0.25, 0.3) is 0 Å². The molecule has 0 radical (unpaired) electrons. The highest BCUT2D eigenvalue weighted by atomic mass is 16.5. The number of carbonyl (C=O) groups excluding carboxylic acids is 1. The first-order valence-corrected chi connectivity index (χ1v) is 6.33. The van der Waals surface area contributed by atoms with Crippen LogP contribution in [0.5, 0.6) is 0 Å². The van der Waals surface area contributed by atoms with Crippen LogP contribution in [-0.2, 0) is 9.53 Å². The van der Waals surface area contributed by atoms with Gasteiger partial charge in [0.05, 0.1) is 12.6 Å². The zero-order valence-electron chi connectivity index (χ0n) is 10.5. The molecule has 0 aliphatic heterocycles. The van der Waals surface area contributed by atoms with Crippen molar-refractivity contribution >= 4 is 5.91 Å². The minimum Gasteiger partial charge on any atom is -0.394 e. The van der Waals surface area contributed by atoms with Crippen molar-refractivity contribution in [2.24, 2.45) is 11.7 Å². The van der Waals surface area contributed by atoms with Gasteiger partial charge in [0.1, 0.15) is 0 Å². The van der Waals surface area contributed by atoms with E-state index in [0.29, 0.717) is 13.0 Å². The highest BCUT2D eigenvalue weighted by Crippen LogP contribution is 2.23. The standard InChI is InChI=1S/C12H24N2O3/c1-17-6-5-11(8-15)14-12(16)9-3-2-4-10(13)7-9/h9-11,15H,2-8,13H2,1H3,(H,14,16). The van der Waals surface area contributed by atoms with Crippen molar-refractivity contribution in [1.82, 2.24) is 5.32 Å². The third-order valence-corrected chi connectivity index (χ3v) is 3.32. The first-order valence-electron chi connectivity index (χ1n) is 6.33. The summed E-state index contributed by atoms with van der Waals surface area (Å²) in [6.45, 7) is 0.490. The van der Waals surface area contributed by atoms with E-state index in [2.05, 4.69) is 5.32 Å². The van der Waals surface area contributed by atoms with Gasteiger partial charge in [-0.3, -0.25) is 4.79 Å². The molecule has 1 fully saturated rings. The molecular formula is C12H24N2O3. The Balaban J connectivity index is 2.35. The fraction of sp³-hybridized carbons (Fsp3) is 0.917. The van der Waals surface area contributed by atoms with Gasteiger partial charge < -0.3 is 20.9 Å². The van der Waals surface area contributed by atoms with Crippen LogP contribution in [0.2, 0.25) is 0 Å². The second kappa shape index (κ2) is 7.63. The largest absolute Gasteiger partial charge is 0.394 e. The molecule has 5 heteroatoms. The molecule has 1 rings (SSSR count). The fourth-order valence-electron chi connectivity index (χ4n) is 2.25. The molecule has 0 saturated heterocycles. The van der Waals surface area contributed by atoms with Crippen molar-refractivity contribution < 1.29 is 14.6 Å². The molecule has 0 spiro atoms. The Hall–Kier alpha value is -0.650. The van der Waals surface area contributed by atoms with Gasteiger partial charge in [0, 0.05) is 25.7 Å². The second-order valence-electron chi connectivity index (χ2n) is 4.79. The zero-order valence-corrected chi connectivity index (χ0v) is 10.5. The van der Waals surface area contributed by atoms with Crippen LogP contribution in [0.3, 0.4) is 0 Å². The Kier molecular flexibility index (Phi) is 6.47. The van der Waals surface area contributed by atoms with E-state index >= 15 is 0 Å². The van der Waals surface area contributed by atoms with E-state index in [1.54, 1.807) is 7.11 Å². The van der Waals surface area contributed by atoms with Crippen molar-refractivity contribution in [2.75, 3.05) is 20.3 Å². The van der Waals surface area contributed by atoms with Crippen molar-refractivity contribution in [3.63, 3.8) is 0 Å². The molecule has 4 N–H and O–H groups in total. The minimum absolute atomic E-state index is 0.00958. The third kappa shape index (κ3) is 5.02. The maximum absolute atomic E-state index is 12.0. The molecule has 0 aromatic carbocycles. The van der Waals surface area contributed by atoms with Gasteiger partial charge in [0.2, 0.25) is 5.91 Å². The van der Waals surface area contributed by atoms with Gasteiger partial charge in [-0.05, 0) is 25.7 Å². The molecule has 3 unspecified atom stereocenters. The topological polar surface area (TPSA) is 84.6 Å². The summed E-state index contributed by atoms with van der Waals surface area (Å²) in [6, 6.07) is -0.0633. The first kappa shape index (κ1) is 14.4. The normalized spacial score (nSPS) is 26.5.